The molecule has 7 nitrogen and oxygen atoms in total. The van der Waals surface area contributed by atoms with Crippen molar-refractivity contribution in [1.82, 2.24) is 19.9 Å². The third kappa shape index (κ3) is 4.04. The molecule has 1 atom stereocenters. The van der Waals surface area contributed by atoms with Crippen molar-refractivity contribution in [3.63, 3.8) is 0 Å². The summed E-state index contributed by atoms with van der Waals surface area (Å²) in [5.41, 5.74) is 5.60. The highest BCUT2D eigenvalue weighted by molar-refractivity contribution is 5.32. The van der Waals surface area contributed by atoms with E-state index in [0.29, 0.717) is 18.4 Å². The van der Waals surface area contributed by atoms with Gasteiger partial charge in [-0.2, -0.15) is 15.0 Å². The lowest BCUT2D eigenvalue weighted by atomic mass is 10.2. The summed E-state index contributed by atoms with van der Waals surface area (Å²) >= 11 is 0. The van der Waals surface area contributed by atoms with Gasteiger partial charge in [-0.15, -0.1) is 0 Å². The average molecular weight is 274 g/mol. The summed E-state index contributed by atoms with van der Waals surface area (Å²) in [6, 6.07) is 3.78. The van der Waals surface area contributed by atoms with Gasteiger partial charge in [-0.05, 0) is 25.5 Å². The molecule has 0 amide bonds. The Morgan fingerprint density at radius 1 is 1.35 bits per heavy atom. The Balaban J connectivity index is 1.95. The maximum Gasteiger partial charge on any atom is 0.228 e. The van der Waals surface area contributed by atoms with E-state index >= 15 is 0 Å². The van der Waals surface area contributed by atoms with E-state index in [0.717, 1.165) is 12.2 Å². The van der Waals surface area contributed by atoms with Crippen molar-refractivity contribution in [1.29, 1.82) is 0 Å². The van der Waals surface area contributed by atoms with Crippen LogP contribution in [-0.4, -0.2) is 32.6 Å². The number of anilines is 2. The highest BCUT2D eigenvalue weighted by atomic mass is 16.5. The van der Waals surface area contributed by atoms with Gasteiger partial charge in [0.1, 0.15) is 18.2 Å². The van der Waals surface area contributed by atoms with E-state index in [1.54, 1.807) is 19.3 Å². The van der Waals surface area contributed by atoms with Gasteiger partial charge in [0.2, 0.25) is 11.9 Å². The van der Waals surface area contributed by atoms with Crippen LogP contribution in [0.25, 0.3) is 0 Å². The summed E-state index contributed by atoms with van der Waals surface area (Å²) in [6.45, 7) is 4.32. The lowest BCUT2D eigenvalue weighted by Gasteiger charge is -2.17. The van der Waals surface area contributed by atoms with Gasteiger partial charge in [-0.3, -0.25) is 4.98 Å². The van der Waals surface area contributed by atoms with Crippen LogP contribution in [0.2, 0.25) is 0 Å². The van der Waals surface area contributed by atoms with Crippen LogP contribution < -0.4 is 15.8 Å². The Morgan fingerprint density at radius 3 is 2.85 bits per heavy atom. The van der Waals surface area contributed by atoms with Gasteiger partial charge in [-0.1, -0.05) is 6.92 Å². The van der Waals surface area contributed by atoms with Gasteiger partial charge in [-0.25, -0.2) is 0 Å². The summed E-state index contributed by atoms with van der Waals surface area (Å²) in [6.07, 6.45) is 4.25. The van der Waals surface area contributed by atoms with E-state index in [4.69, 9.17) is 10.5 Å². The Bertz CT molecular complexity index is 528. The molecule has 0 bridgehead atoms. The van der Waals surface area contributed by atoms with E-state index in [9.17, 15) is 0 Å². The number of hydrogen-bond acceptors (Lipinski definition) is 7. The first-order valence-electron chi connectivity index (χ1n) is 6.45. The summed E-state index contributed by atoms with van der Waals surface area (Å²) in [7, 11) is 0. The quantitative estimate of drug-likeness (QED) is 0.822. The standard InChI is InChI=1S/C13H18N6O/c1-3-10(8-20-11-5-4-6-15-7-11)18-13-17-9(2)16-12(14)19-13/h4-7,10H,3,8H2,1-2H3,(H3,14,16,17,18,19). The summed E-state index contributed by atoms with van der Waals surface area (Å²) in [5.74, 6) is 2.00. The number of nitrogens with zero attached hydrogens (tertiary/aromatic N) is 4. The molecule has 2 aromatic rings. The molecule has 7 heteroatoms. The number of ether oxygens (including phenoxy) is 1. The largest absolute Gasteiger partial charge is 0.490 e. The van der Waals surface area contributed by atoms with Crippen molar-refractivity contribution in [2.45, 2.75) is 26.3 Å². The lowest BCUT2D eigenvalue weighted by Crippen LogP contribution is -2.27. The molecule has 0 aliphatic rings. The Labute approximate surface area is 117 Å². The lowest BCUT2D eigenvalue weighted by molar-refractivity contribution is 0.292. The molecule has 0 aromatic carbocycles. The summed E-state index contributed by atoms with van der Waals surface area (Å²) in [4.78, 5) is 16.2. The first-order chi connectivity index (χ1) is 9.67. The van der Waals surface area contributed by atoms with Crippen LogP contribution >= 0.6 is 0 Å². The minimum absolute atomic E-state index is 0.0800. The number of pyridine rings is 1. The minimum atomic E-state index is 0.0800. The van der Waals surface area contributed by atoms with E-state index < -0.39 is 0 Å². The summed E-state index contributed by atoms with van der Waals surface area (Å²) < 4.78 is 5.66. The summed E-state index contributed by atoms with van der Waals surface area (Å²) in [5, 5.41) is 3.19. The molecule has 2 rings (SSSR count). The molecule has 2 aromatic heterocycles. The second-order valence-electron chi connectivity index (χ2n) is 4.31. The maximum absolute atomic E-state index is 5.66. The van der Waals surface area contributed by atoms with Crippen molar-refractivity contribution >= 4 is 11.9 Å². The minimum Gasteiger partial charge on any atom is -0.490 e. The predicted molar refractivity (Wildman–Crippen MR) is 76.4 cm³/mol. The molecule has 0 saturated heterocycles. The second kappa shape index (κ2) is 6.65. The monoisotopic (exact) mass is 274 g/mol. The van der Waals surface area contributed by atoms with Crippen molar-refractivity contribution in [2.75, 3.05) is 17.7 Å². The molecule has 0 spiro atoms. The molecule has 0 aliphatic carbocycles. The van der Waals surface area contributed by atoms with E-state index in [1.807, 2.05) is 12.1 Å². The number of nitrogen functional groups attached to an aromatic ring is 1. The van der Waals surface area contributed by atoms with Crippen molar-refractivity contribution in [2.24, 2.45) is 0 Å². The van der Waals surface area contributed by atoms with E-state index in [1.165, 1.54) is 0 Å². The first kappa shape index (κ1) is 14.0. The Hall–Kier alpha value is -2.44. The smallest absolute Gasteiger partial charge is 0.228 e. The SMILES string of the molecule is CCC(COc1cccnc1)Nc1nc(C)nc(N)n1. The fourth-order valence-corrected chi connectivity index (χ4v) is 1.64. The highest BCUT2D eigenvalue weighted by Crippen LogP contribution is 2.10. The number of rotatable bonds is 6. The topological polar surface area (TPSA) is 98.8 Å². The molecule has 0 saturated carbocycles. The molecule has 3 N–H and O–H groups in total. The number of aryl methyl sites for hydroxylation is 1. The molecule has 0 radical (unpaired) electrons. The van der Waals surface area contributed by atoms with Crippen molar-refractivity contribution in [3.8, 4) is 5.75 Å². The van der Waals surface area contributed by atoms with Gasteiger partial charge in [0, 0.05) is 6.20 Å². The van der Waals surface area contributed by atoms with Gasteiger partial charge in [0.05, 0.1) is 12.2 Å². The molecule has 106 valence electrons. The van der Waals surface area contributed by atoms with Crippen LogP contribution in [0.1, 0.15) is 19.2 Å². The number of hydrogen-bond donors (Lipinski definition) is 2. The van der Waals surface area contributed by atoms with Crippen LogP contribution in [0.3, 0.4) is 0 Å². The molecule has 0 fully saturated rings. The normalized spacial score (nSPS) is 11.9. The molecule has 1 unspecified atom stereocenters. The maximum atomic E-state index is 5.66. The molecular formula is C13H18N6O. The second-order valence-corrected chi connectivity index (χ2v) is 4.31. The van der Waals surface area contributed by atoms with Crippen LogP contribution in [0.15, 0.2) is 24.5 Å². The van der Waals surface area contributed by atoms with Crippen LogP contribution in [0.5, 0.6) is 5.75 Å². The average Bonchev–Trinajstić information content (AvgIpc) is 2.43. The van der Waals surface area contributed by atoms with Gasteiger partial charge in [0.25, 0.3) is 0 Å². The van der Waals surface area contributed by atoms with Crippen molar-refractivity contribution < 1.29 is 4.74 Å². The van der Waals surface area contributed by atoms with Crippen LogP contribution in [-0.2, 0) is 0 Å². The number of aromatic nitrogens is 4. The van der Waals surface area contributed by atoms with Gasteiger partial charge < -0.3 is 15.8 Å². The molecule has 0 aliphatic heterocycles. The first-order valence-corrected chi connectivity index (χ1v) is 6.45. The fourth-order valence-electron chi connectivity index (χ4n) is 1.64. The van der Waals surface area contributed by atoms with Crippen LogP contribution in [0, 0.1) is 6.92 Å². The van der Waals surface area contributed by atoms with E-state index in [-0.39, 0.29) is 12.0 Å². The Kier molecular flexibility index (Phi) is 4.65. The fraction of sp³-hybridized carbons (Fsp3) is 0.385. The van der Waals surface area contributed by atoms with Crippen LogP contribution in [0.4, 0.5) is 11.9 Å². The number of nitrogens with two attached hydrogens (primary N) is 1. The zero-order valence-corrected chi connectivity index (χ0v) is 11.6. The molecular weight excluding hydrogens is 256 g/mol. The molecule has 2 heterocycles. The van der Waals surface area contributed by atoms with Gasteiger partial charge in [0.15, 0.2) is 0 Å². The Morgan fingerprint density at radius 2 is 2.20 bits per heavy atom. The zero-order chi connectivity index (χ0) is 14.4. The third-order valence-electron chi connectivity index (χ3n) is 2.68. The van der Waals surface area contributed by atoms with Crippen molar-refractivity contribution in [3.05, 3.63) is 30.4 Å². The predicted octanol–water partition coefficient (Wildman–Crippen LogP) is 1.43. The van der Waals surface area contributed by atoms with E-state index in [2.05, 4.69) is 32.2 Å². The number of nitrogens with one attached hydrogen (secondary N) is 1. The highest BCUT2D eigenvalue weighted by Gasteiger charge is 2.10. The third-order valence-corrected chi connectivity index (χ3v) is 2.68. The van der Waals surface area contributed by atoms with Gasteiger partial charge >= 0.3 is 0 Å². The molecule has 20 heavy (non-hydrogen) atoms. The zero-order valence-electron chi connectivity index (χ0n) is 11.6.